The summed E-state index contributed by atoms with van der Waals surface area (Å²) in [6.45, 7) is 0.630. The normalized spacial score (nSPS) is 28.3. The summed E-state index contributed by atoms with van der Waals surface area (Å²) in [4.78, 5) is 60.1. The zero-order valence-corrected chi connectivity index (χ0v) is 25.4. The molecule has 11 heteroatoms. The average molecular weight is 615 g/mol. The number of alkyl carbamates (subject to hydrolysis) is 1. The molecule has 0 aromatic heterocycles. The third-order valence-corrected chi connectivity index (χ3v) is 9.97. The Morgan fingerprint density at radius 3 is 1.64 bits per heavy atom. The van der Waals surface area contributed by atoms with E-state index in [2.05, 4.69) is 10.6 Å². The van der Waals surface area contributed by atoms with Crippen molar-refractivity contribution in [2.45, 2.75) is 115 Å². The number of carboxylic acid groups (broad SMARTS) is 3. The van der Waals surface area contributed by atoms with Crippen LogP contribution in [0.2, 0.25) is 0 Å². The van der Waals surface area contributed by atoms with Crippen molar-refractivity contribution in [3.63, 3.8) is 0 Å². The Morgan fingerprint density at radius 1 is 0.659 bits per heavy atom. The number of aliphatic carboxylic acids is 3. The van der Waals surface area contributed by atoms with Crippen LogP contribution in [0.15, 0.2) is 30.3 Å². The minimum atomic E-state index is -0.892. The number of unbranched alkanes of at least 4 members (excludes halogenated alkanes) is 2. The van der Waals surface area contributed by atoms with Crippen molar-refractivity contribution >= 4 is 29.9 Å². The maximum absolute atomic E-state index is 13.3. The predicted octanol–water partition coefficient (Wildman–Crippen LogP) is 5.26. The Bertz CT molecular complexity index is 1130. The molecule has 4 aliphatic carbocycles. The van der Waals surface area contributed by atoms with Gasteiger partial charge in [-0.2, -0.15) is 0 Å². The number of carboxylic acids is 3. The lowest BCUT2D eigenvalue weighted by Gasteiger charge is -2.71. The highest BCUT2D eigenvalue weighted by molar-refractivity contribution is 5.77. The van der Waals surface area contributed by atoms with Crippen LogP contribution in [-0.4, -0.2) is 57.3 Å². The van der Waals surface area contributed by atoms with E-state index >= 15 is 0 Å². The van der Waals surface area contributed by atoms with E-state index in [0.717, 1.165) is 12.0 Å². The molecular formula is C33H46N2O9. The van der Waals surface area contributed by atoms with Gasteiger partial charge in [-0.1, -0.05) is 36.8 Å². The fourth-order valence-electron chi connectivity index (χ4n) is 9.24. The predicted molar refractivity (Wildman–Crippen MR) is 160 cm³/mol. The Hall–Kier alpha value is -3.63. The van der Waals surface area contributed by atoms with E-state index < -0.39 is 29.5 Å². The quantitative estimate of drug-likeness (QED) is 0.138. The van der Waals surface area contributed by atoms with E-state index in [1.54, 1.807) is 0 Å². The molecule has 0 radical (unpaired) electrons. The van der Waals surface area contributed by atoms with Gasteiger partial charge in [0.05, 0.1) is 0 Å². The molecule has 0 saturated heterocycles. The molecule has 2 amide bonds. The Morgan fingerprint density at radius 2 is 1.16 bits per heavy atom. The summed E-state index contributed by atoms with van der Waals surface area (Å²) in [5, 5.41) is 34.6. The van der Waals surface area contributed by atoms with E-state index in [1.165, 1.54) is 0 Å². The zero-order valence-electron chi connectivity index (χ0n) is 25.4. The van der Waals surface area contributed by atoms with Crippen molar-refractivity contribution in [1.29, 1.82) is 0 Å². The zero-order chi connectivity index (χ0) is 31.8. The first-order chi connectivity index (χ1) is 20.9. The first-order valence-electron chi connectivity index (χ1n) is 15.8. The molecule has 242 valence electrons. The summed E-state index contributed by atoms with van der Waals surface area (Å²) in [7, 11) is 0. The summed E-state index contributed by atoms with van der Waals surface area (Å²) < 4.78 is 5.21. The van der Waals surface area contributed by atoms with Gasteiger partial charge in [-0.3, -0.25) is 19.2 Å². The Labute approximate surface area is 258 Å². The SMILES string of the molecule is O=C(O)CCC12CC3(CCC(=O)O)CC(CCC(=O)O)(C1)CC(NC(=O)CCCCCNC(=O)OCc1ccccc1)(C2)C3. The Kier molecular flexibility index (Phi) is 10.6. The van der Waals surface area contributed by atoms with Gasteiger partial charge in [-0.15, -0.1) is 0 Å². The van der Waals surface area contributed by atoms with Crippen molar-refractivity contribution in [3.8, 4) is 0 Å². The van der Waals surface area contributed by atoms with Crippen molar-refractivity contribution in [2.24, 2.45) is 16.2 Å². The van der Waals surface area contributed by atoms with Crippen LogP contribution in [0.4, 0.5) is 4.79 Å². The van der Waals surface area contributed by atoms with E-state index in [1.807, 2.05) is 30.3 Å². The third-order valence-electron chi connectivity index (χ3n) is 9.97. The third kappa shape index (κ3) is 8.95. The van der Waals surface area contributed by atoms with Crippen LogP contribution in [0.5, 0.6) is 0 Å². The number of carbonyl (C=O) groups is 5. The minimum absolute atomic E-state index is 0.0120. The van der Waals surface area contributed by atoms with Crippen molar-refractivity contribution in [2.75, 3.05) is 6.54 Å². The van der Waals surface area contributed by atoms with Crippen LogP contribution < -0.4 is 10.6 Å². The number of rotatable bonds is 18. The molecule has 1 aromatic rings. The smallest absolute Gasteiger partial charge is 0.407 e. The molecule has 0 unspecified atom stereocenters. The summed E-state index contributed by atoms with van der Waals surface area (Å²) in [5.74, 6) is -2.77. The van der Waals surface area contributed by atoms with Crippen LogP contribution >= 0.6 is 0 Å². The van der Waals surface area contributed by atoms with Crippen molar-refractivity contribution < 1.29 is 44.0 Å². The monoisotopic (exact) mass is 614 g/mol. The fraction of sp³-hybridized carbons (Fsp3) is 0.667. The molecule has 1 aromatic carbocycles. The van der Waals surface area contributed by atoms with Crippen molar-refractivity contribution in [1.82, 2.24) is 10.6 Å². The van der Waals surface area contributed by atoms with E-state index in [-0.39, 0.29) is 48.0 Å². The summed E-state index contributed by atoms with van der Waals surface area (Å²) in [6.07, 6.45) is 7.18. The van der Waals surface area contributed by atoms with Crippen LogP contribution in [0.25, 0.3) is 0 Å². The molecule has 4 aliphatic rings. The van der Waals surface area contributed by atoms with Gasteiger partial charge in [0.25, 0.3) is 0 Å². The second kappa shape index (κ2) is 14.0. The summed E-state index contributed by atoms with van der Waals surface area (Å²) in [5.41, 5.74) is -0.832. The number of ether oxygens (including phenoxy) is 1. The average Bonchev–Trinajstić information content (AvgIpc) is 2.94. The molecule has 4 bridgehead atoms. The molecule has 0 atom stereocenters. The molecule has 0 spiro atoms. The maximum atomic E-state index is 13.3. The topological polar surface area (TPSA) is 179 Å². The van der Waals surface area contributed by atoms with Gasteiger partial charge >= 0.3 is 24.0 Å². The fourth-order valence-corrected chi connectivity index (χ4v) is 9.24. The van der Waals surface area contributed by atoms with Gasteiger partial charge in [0.2, 0.25) is 5.91 Å². The highest BCUT2D eigenvalue weighted by atomic mass is 16.5. The molecular weight excluding hydrogens is 568 g/mol. The van der Waals surface area contributed by atoms with Gasteiger partial charge in [-0.05, 0) is 92.4 Å². The molecule has 4 fully saturated rings. The number of hydrogen-bond acceptors (Lipinski definition) is 6. The second-order valence-electron chi connectivity index (χ2n) is 13.9. The van der Waals surface area contributed by atoms with Crippen LogP contribution in [0.1, 0.15) is 108 Å². The highest BCUT2D eigenvalue weighted by Gasteiger charge is 2.67. The van der Waals surface area contributed by atoms with Gasteiger partial charge in [0, 0.05) is 37.8 Å². The summed E-state index contributed by atoms with van der Waals surface area (Å²) in [6, 6.07) is 9.40. The molecule has 44 heavy (non-hydrogen) atoms. The number of amides is 2. The van der Waals surface area contributed by atoms with Crippen LogP contribution in [0, 0.1) is 16.2 Å². The van der Waals surface area contributed by atoms with E-state index in [4.69, 9.17) is 4.74 Å². The molecule has 5 N–H and O–H groups in total. The van der Waals surface area contributed by atoms with Gasteiger partial charge < -0.3 is 30.7 Å². The lowest BCUT2D eigenvalue weighted by molar-refractivity contribution is -0.192. The van der Waals surface area contributed by atoms with Gasteiger partial charge in [0.1, 0.15) is 6.61 Å². The largest absolute Gasteiger partial charge is 0.481 e. The van der Waals surface area contributed by atoms with E-state index in [0.29, 0.717) is 83.6 Å². The number of hydrogen-bond donors (Lipinski definition) is 5. The second-order valence-corrected chi connectivity index (χ2v) is 13.9. The van der Waals surface area contributed by atoms with Crippen molar-refractivity contribution in [3.05, 3.63) is 35.9 Å². The Balaban J connectivity index is 1.34. The molecule has 0 heterocycles. The number of nitrogens with one attached hydrogen (secondary N) is 2. The van der Waals surface area contributed by atoms with Crippen LogP contribution in [-0.2, 0) is 30.5 Å². The lowest BCUT2D eigenvalue weighted by Crippen LogP contribution is -2.69. The first-order valence-corrected chi connectivity index (χ1v) is 15.8. The van der Waals surface area contributed by atoms with Gasteiger partial charge in [0.15, 0.2) is 0 Å². The minimum Gasteiger partial charge on any atom is -0.481 e. The number of carbonyl (C=O) groups excluding carboxylic acids is 2. The molecule has 0 aliphatic heterocycles. The molecule has 5 rings (SSSR count). The first kappa shape index (κ1) is 33.3. The van der Waals surface area contributed by atoms with Gasteiger partial charge in [-0.25, -0.2) is 4.79 Å². The highest BCUT2D eigenvalue weighted by Crippen LogP contribution is 2.74. The standard InChI is InChI=1S/C33H46N2O9/c36-25(9-5-2-6-16-34-29(43)44-17-24-7-3-1-4-8-24)35-33-21-30(13-10-26(37)38)18-31(22-33,14-11-27(39)40)20-32(19-30,23-33)15-12-28(41)42/h1,3-4,7-8H,2,5-6,9-23H2,(H,34,43)(H,35,36)(H,37,38)(H,39,40)(H,41,42). The molecule has 4 saturated carbocycles. The van der Waals surface area contributed by atoms with Crippen LogP contribution in [0.3, 0.4) is 0 Å². The maximum Gasteiger partial charge on any atom is 0.407 e. The number of benzene rings is 1. The molecule has 11 nitrogen and oxygen atoms in total. The summed E-state index contributed by atoms with van der Waals surface area (Å²) >= 11 is 0. The van der Waals surface area contributed by atoms with E-state index in [9.17, 15) is 39.3 Å². The lowest BCUT2D eigenvalue weighted by atomic mass is 9.35.